The second-order valence-electron chi connectivity index (χ2n) is 3.78. The van der Waals surface area contributed by atoms with Gasteiger partial charge >= 0.3 is 5.97 Å². The SMILES string of the molecule is CC(O)CCC1(C(=O)O)CCOC1. The molecule has 0 radical (unpaired) electrons. The predicted octanol–water partition coefficient (Wildman–Crippen LogP) is 0.639. The molecule has 1 saturated heterocycles. The number of carboxylic acids is 1. The van der Waals surface area contributed by atoms with Gasteiger partial charge in [0.05, 0.1) is 18.1 Å². The highest BCUT2D eigenvalue weighted by Gasteiger charge is 2.42. The molecule has 1 heterocycles. The zero-order chi connectivity index (χ0) is 9.90. The molecule has 1 aliphatic rings. The normalized spacial score (nSPS) is 30.3. The Morgan fingerprint density at radius 3 is 2.77 bits per heavy atom. The van der Waals surface area contributed by atoms with Gasteiger partial charge in [-0.3, -0.25) is 4.79 Å². The minimum absolute atomic E-state index is 0.287. The van der Waals surface area contributed by atoms with E-state index >= 15 is 0 Å². The van der Waals surface area contributed by atoms with Crippen molar-refractivity contribution in [3.8, 4) is 0 Å². The van der Waals surface area contributed by atoms with E-state index in [1.807, 2.05) is 0 Å². The quantitative estimate of drug-likeness (QED) is 0.679. The van der Waals surface area contributed by atoms with E-state index < -0.39 is 17.5 Å². The number of rotatable bonds is 4. The van der Waals surface area contributed by atoms with Crippen LogP contribution in [0.1, 0.15) is 26.2 Å². The number of aliphatic hydroxyl groups is 1. The monoisotopic (exact) mass is 188 g/mol. The van der Waals surface area contributed by atoms with Crippen molar-refractivity contribution < 1.29 is 19.7 Å². The van der Waals surface area contributed by atoms with E-state index in [4.69, 9.17) is 14.9 Å². The lowest BCUT2D eigenvalue weighted by molar-refractivity contribution is -0.149. The van der Waals surface area contributed by atoms with Crippen molar-refractivity contribution in [3.05, 3.63) is 0 Å². The van der Waals surface area contributed by atoms with E-state index in [0.717, 1.165) is 0 Å². The number of hydrogen-bond acceptors (Lipinski definition) is 3. The van der Waals surface area contributed by atoms with Gasteiger partial charge in [0.1, 0.15) is 0 Å². The minimum Gasteiger partial charge on any atom is -0.481 e. The van der Waals surface area contributed by atoms with Crippen LogP contribution < -0.4 is 0 Å². The van der Waals surface area contributed by atoms with Crippen LogP contribution in [0.4, 0.5) is 0 Å². The molecule has 13 heavy (non-hydrogen) atoms. The minimum atomic E-state index is -0.800. The summed E-state index contributed by atoms with van der Waals surface area (Å²) in [4.78, 5) is 11.0. The first-order valence-electron chi connectivity index (χ1n) is 4.56. The largest absolute Gasteiger partial charge is 0.481 e. The topological polar surface area (TPSA) is 66.8 Å². The van der Waals surface area contributed by atoms with Gasteiger partial charge in [0.25, 0.3) is 0 Å². The van der Waals surface area contributed by atoms with Crippen LogP contribution >= 0.6 is 0 Å². The number of aliphatic carboxylic acids is 1. The summed E-state index contributed by atoms with van der Waals surface area (Å²) in [6, 6.07) is 0. The van der Waals surface area contributed by atoms with Crippen LogP contribution in [0.25, 0.3) is 0 Å². The standard InChI is InChI=1S/C9H16O4/c1-7(10)2-3-9(8(11)12)4-5-13-6-9/h7,10H,2-6H2,1H3,(H,11,12). The molecule has 0 saturated carbocycles. The molecule has 2 unspecified atom stereocenters. The van der Waals surface area contributed by atoms with Crippen molar-refractivity contribution in [3.63, 3.8) is 0 Å². The number of carbonyl (C=O) groups is 1. The van der Waals surface area contributed by atoms with Crippen LogP contribution in [0.5, 0.6) is 0 Å². The maximum Gasteiger partial charge on any atom is 0.312 e. The highest BCUT2D eigenvalue weighted by atomic mass is 16.5. The van der Waals surface area contributed by atoms with Crippen molar-refractivity contribution in [2.24, 2.45) is 5.41 Å². The zero-order valence-electron chi connectivity index (χ0n) is 7.82. The molecule has 76 valence electrons. The maximum atomic E-state index is 11.0. The third kappa shape index (κ3) is 2.42. The lowest BCUT2D eigenvalue weighted by Gasteiger charge is -2.22. The molecule has 0 aromatic rings. The Kier molecular flexibility index (Phi) is 3.27. The van der Waals surface area contributed by atoms with Crippen molar-refractivity contribution in [2.45, 2.75) is 32.3 Å². The van der Waals surface area contributed by atoms with Crippen LogP contribution in [0.2, 0.25) is 0 Å². The Morgan fingerprint density at radius 2 is 2.38 bits per heavy atom. The Balaban J connectivity index is 2.52. The Hall–Kier alpha value is -0.610. The summed E-state index contributed by atoms with van der Waals surface area (Å²) in [5.74, 6) is -0.800. The summed E-state index contributed by atoms with van der Waals surface area (Å²) in [5.41, 5.74) is -0.739. The van der Waals surface area contributed by atoms with Gasteiger partial charge in [0, 0.05) is 6.61 Å². The summed E-state index contributed by atoms with van der Waals surface area (Å²) in [7, 11) is 0. The summed E-state index contributed by atoms with van der Waals surface area (Å²) in [6.07, 6.45) is 1.15. The molecule has 0 aromatic heterocycles. The molecule has 0 aromatic carbocycles. The average molecular weight is 188 g/mol. The number of aliphatic hydroxyl groups excluding tert-OH is 1. The van der Waals surface area contributed by atoms with Crippen LogP contribution in [-0.4, -0.2) is 35.5 Å². The van der Waals surface area contributed by atoms with Gasteiger partial charge in [-0.2, -0.15) is 0 Å². The lowest BCUT2D eigenvalue weighted by atomic mass is 9.82. The fourth-order valence-electron chi connectivity index (χ4n) is 1.57. The molecule has 2 atom stereocenters. The van der Waals surface area contributed by atoms with E-state index in [1.54, 1.807) is 6.92 Å². The highest BCUT2D eigenvalue weighted by molar-refractivity contribution is 5.75. The Bertz CT molecular complexity index is 182. The molecule has 0 spiro atoms. The molecule has 0 bridgehead atoms. The van der Waals surface area contributed by atoms with E-state index in [-0.39, 0.29) is 6.61 Å². The molecule has 0 aliphatic carbocycles. The van der Waals surface area contributed by atoms with Crippen molar-refractivity contribution >= 4 is 5.97 Å². The van der Waals surface area contributed by atoms with Gasteiger partial charge in [0.2, 0.25) is 0 Å². The van der Waals surface area contributed by atoms with Crippen molar-refractivity contribution in [1.82, 2.24) is 0 Å². The molecular formula is C9H16O4. The number of ether oxygens (including phenoxy) is 1. The van der Waals surface area contributed by atoms with Gasteiger partial charge in [0.15, 0.2) is 0 Å². The second kappa shape index (κ2) is 4.07. The number of carboxylic acid groups (broad SMARTS) is 1. The first-order valence-corrected chi connectivity index (χ1v) is 4.56. The Labute approximate surface area is 77.5 Å². The number of hydrogen-bond donors (Lipinski definition) is 2. The highest BCUT2D eigenvalue weighted by Crippen LogP contribution is 2.34. The zero-order valence-corrected chi connectivity index (χ0v) is 7.82. The lowest BCUT2D eigenvalue weighted by Crippen LogP contribution is -2.32. The molecule has 1 aliphatic heterocycles. The van der Waals surface area contributed by atoms with E-state index in [2.05, 4.69) is 0 Å². The first-order chi connectivity index (χ1) is 6.07. The fraction of sp³-hybridized carbons (Fsp3) is 0.889. The van der Waals surface area contributed by atoms with E-state index in [0.29, 0.717) is 25.9 Å². The molecule has 1 fully saturated rings. The first kappa shape index (κ1) is 10.5. The van der Waals surface area contributed by atoms with Crippen molar-refractivity contribution in [1.29, 1.82) is 0 Å². The molecule has 0 amide bonds. The molecule has 4 heteroatoms. The fourth-order valence-corrected chi connectivity index (χ4v) is 1.57. The van der Waals surface area contributed by atoms with Crippen LogP contribution in [0, 0.1) is 5.41 Å². The molecule has 4 nitrogen and oxygen atoms in total. The third-order valence-electron chi connectivity index (χ3n) is 2.60. The third-order valence-corrected chi connectivity index (χ3v) is 2.60. The van der Waals surface area contributed by atoms with Crippen LogP contribution in [-0.2, 0) is 9.53 Å². The van der Waals surface area contributed by atoms with E-state index in [1.165, 1.54) is 0 Å². The van der Waals surface area contributed by atoms with Gasteiger partial charge in [-0.05, 0) is 26.2 Å². The van der Waals surface area contributed by atoms with Crippen LogP contribution in [0.15, 0.2) is 0 Å². The second-order valence-corrected chi connectivity index (χ2v) is 3.78. The van der Waals surface area contributed by atoms with Gasteiger partial charge in [-0.25, -0.2) is 0 Å². The summed E-state index contributed by atoms with van der Waals surface area (Å²) in [5, 5.41) is 18.1. The molecular weight excluding hydrogens is 172 g/mol. The average Bonchev–Trinajstić information content (AvgIpc) is 2.50. The molecule has 1 rings (SSSR count). The van der Waals surface area contributed by atoms with Crippen molar-refractivity contribution in [2.75, 3.05) is 13.2 Å². The van der Waals surface area contributed by atoms with E-state index in [9.17, 15) is 4.79 Å². The van der Waals surface area contributed by atoms with Crippen LogP contribution in [0.3, 0.4) is 0 Å². The maximum absolute atomic E-state index is 11.0. The summed E-state index contributed by atoms with van der Waals surface area (Å²) in [6.45, 7) is 2.48. The summed E-state index contributed by atoms with van der Waals surface area (Å²) >= 11 is 0. The summed E-state index contributed by atoms with van der Waals surface area (Å²) < 4.78 is 5.09. The van der Waals surface area contributed by atoms with Gasteiger partial charge in [-0.15, -0.1) is 0 Å². The smallest absolute Gasteiger partial charge is 0.312 e. The predicted molar refractivity (Wildman–Crippen MR) is 46.4 cm³/mol. The molecule has 2 N–H and O–H groups in total. The Morgan fingerprint density at radius 1 is 1.69 bits per heavy atom. The van der Waals surface area contributed by atoms with Gasteiger partial charge < -0.3 is 14.9 Å². The van der Waals surface area contributed by atoms with Gasteiger partial charge in [-0.1, -0.05) is 0 Å².